The molecule has 2 aromatic rings. The van der Waals surface area contributed by atoms with E-state index in [4.69, 9.17) is 11.6 Å². The predicted molar refractivity (Wildman–Crippen MR) is 122 cm³/mol. The van der Waals surface area contributed by atoms with Gasteiger partial charge in [0.05, 0.1) is 5.69 Å². The molecule has 3 aliphatic rings. The van der Waals surface area contributed by atoms with Gasteiger partial charge in [-0.1, -0.05) is 29.8 Å². The van der Waals surface area contributed by atoms with Gasteiger partial charge in [-0.2, -0.15) is 0 Å². The van der Waals surface area contributed by atoms with Crippen LogP contribution in [-0.4, -0.2) is 55.9 Å². The summed E-state index contributed by atoms with van der Waals surface area (Å²) in [6, 6.07) is 11.6. The number of sulfonamides is 1. The quantitative estimate of drug-likeness (QED) is 0.717. The second-order valence-electron chi connectivity index (χ2n) is 8.35. The van der Waals surface area contributed by atoms with E-state index in [0.717, 1.165) is 16.4 Å². The highest BCUT2D eigenvalue weighted by Gasteiger charge is 2.39. The van der Waals surface area contributed by atoms with Crippen molar-refractivity contribution in [1.29, 1.82) is 0 Å². The lowest BCUT2D eigenvalue weighted by atomic mass is 9.97. The van der Waals surface area contributed by atoms with Gasteiger partial charge >= 0.3 is 12.1 Å². The second-order valence-corrected chi connectivity index (χ2v) is 10.6. The minimum atomic E-state index is -3.98. The number of urea groups is 2. The normalized spacial score (nSPS) is 20.0. The van der Waals surface area contributed by atoms with Crippen molar-refractivity contribution in [1.82, 2.24) is 9.21 Å². The van der Waals surface area contributed by atoms with Gasteiger partial charge in [-0.3, -0.25) is 4.90 Å². The average molecular weight is 475 g/mol. The van der Waals surface area contributed by atoms with Crippen molar-refractivity contribution in [2.45, 2.75) is 24.2 Å². The maximum atomic E-state index is 13.1. The summed E-state index contributed by atoms with van der Waals surface area (Å²) >= 11 is 5.97. The number of likely N-dealkylation sites (tertiary alicyclic amines) is 1. The lowest BCUT2D eigenvalue weighted by Gasteiger charge is -2.37. The highest BCUT2D eigenvalue weighted by Crippen LogP contribution is 2.34. The molecule has 5 rings (SSSR count). The molecule has 1 N–H and O–H groups in total. The molecular formula is C22H23ClN4O4S. The van der Waals surface area contributed by atoms with Crippen LogP contribution in [0.1, 0.15) is 18.4 Å². The number of fused-ring (bicyclic) bond motifs is 2. The minimum Gasteiger partial charge on any atom is -0.324 e. The van der Waals surface area contributed by atoms with Crippen LogP contribution in [0.15, 0.2) is 47.4 Å². The minimum absolute atomic E-state index is 0.00455. The molecule has 1 saturated heterocycles. The average Bonchev–Trinajstić information content (AvgIpc) is 3.21. The number of nitrogens with one attached hydrogen (secondary N) is 1. The first-order chi connectivity index (χ1) is 15.3. The molecule has 0 aromatic heterocycles. The highest BCUT2D eigenvalue weighted by atomic mass is 35.5. The molecular weight excluding hydrogens is 452 g/mol. The van der Waals surface area contributed by atoms with Gasteiger partial charge in [0.1, 0.15) is 4.90 Å². The molecule has 10 heteroatoms. The molecule has 0 aliphatic carbocycles. The highest BCUT2D eigenvalue weighted by molar-refractivity contribution is 7.90. The van der Waals surface area contributed by atoms with E-state index in [2.05, 4.69) is 5.32 Å². The van der Waals surface area contributed by atoms with Crippen molar-refractivity contribution in [2.75, 3.05) is 36.4 Å². The Bertz CT molecular complexity index is 1190. The third-order valence-corrected chi connectivity index (χ3v) is 8.43. The first kappa shape index (κ1) is 21.1. The number of carbonyl (C=O) groups excluding carboxylic acids is 2. The van der Waals surface area contributed by atoms with Crippen molar-refractivity contribution in [2.24, 2.45) is 5.92 Å². The Morgan fingerprint density at radius 2 is 1.84 bits per heavy atom. The van der Waals surface area contributed by atoms with Crippen LogP contribution < -0.4 is 10.2 Å². The zero-order valence-corrected chi connectivity index (χ0v) is 18.9. The molecule has 3 aliphatic heterocycles. The van der Waals surface area contributed by atoms with E-state index < -0.39 is 16.1 Å². The Kier molecular flexibility index (Phi) is 5.25. The van der Waals surface area contributed by atoms with Crippen LogP contribution in [0, 0.1) is 5.92 Å². The van der Waals surface area contributed by atoms with Crippen LogP contribution in [0.5, 0.6) is 0 Å². The van der Waals surface area contributed by atoms with E-state index in [1.165, 1.54) is 23.8 Å². The number of amides is 4. The summed E-state index contributed by atoms with van der Waals surface area (Å²) in [4.78, 5) is 29.2. The van der Waals surface area contributed by atoms with Gasteiger partial charge in [0.25, 0.3) is 10.0 Å². The summed E-state index contributed by atoms with van der Waals surface area (Å²) in [5, 5.41) is 2.92. The van der Waals surface area contributed by atoms with Gasteiger partial charge < -0.3 is 10.2 Å². The number of hydrogen-bond donors (Lipinski definition) is 1. The molecule has 3 heterocycles. The summed E-state index contributed by atoms with van der Waals surface area (Å²) in [5.74, 6) is -0.0221. The maximum absolute atomic E-state index is 13.1. The fourth-order valence-electron chi connectivity index (χ4n) is 4.65. The van der Waals surface area contributed by atoms with Crippen molar-refractivity contribution >= 4 is 45.1 Å². The molecule has 1 fully saturated rings. The summed E-state index contributed by atoms with van der Waals surface area (Å²) in [5.41, 5.74) is 2.38. The number of piperidine rings is 1. The van der Waals surface area contributed by atoms with Crippen molar-refractivity contribution < 1.29 is 18.0 Å². The van der Waals surface area contributed by atoms with Gasteiger partial charge in [-0.05, 0) is 55.0 Å². The zero-order valence-electron chi connectivity index (χ0n) is 17.3. The summed E-state index contributed by atoms with van der Waals surface area (Å²) in [6.45, 7) is 1.81. The van der Waals surface area contributed by atoms with Gasteiger partial charge in [-0.15, -0.1) is 0 Å². The van der Waals surface area contributed by atoms with E-state index in [9.17, 15) is 18.0 Å². The molecule has 2 aromatic carbocycles. The molecule has 0 unspecified atom stereocenters. The van der Waals surface area contributed by atoms with Gasteiger partial charge in [0, 0.05) is 36.9 Å². The fourth-order valence-corrected chi connectivity index (χ4v) is 6.47. The smallest absolute Gasteiger partial charge is 0.324 e. The van der Waals surface area contributed by atoms with Gasteiger partial charge in [0.2, 0.25) is 0 Å². The largest absolute Gasteiger partial charge is 0.335 e. The number of carbonyl (C=O) groups is 2. The van der Waals surface area contributed by atoms with Crippen LogP contribution in [0.2, 0.25) is 5.02 Å². The van der Waals surface area contributed by atoms with E-state index in [-0.39, 0.29) is 29.1 Å². The molecule has 0 saturated carbocycles. The van der Waals surface area contributed by atoms with Crippen molar-refractivity contribution in [3.63, 3.8) is 0 Å². The first-order valence-corrected chi connectivity index (χ1v) is 12.4. The van der Waals surface area contributed by atoms with Crippen LogP contribution >= 0.6 is 11.6 Å². The zero-order chi connectivity index (χ0) is 22.5. The maximum Gasteiger partial charge on any atom is 0.335 e. The van der Waals surface area contributed by atoms with Crippen LogP contribution in [0.3, 0.4) is 0 Å². The Hall–Kier alpha value is -2.78. The third kappa shape index (κ3) is 3.59. The fraction of sp³-hybridized carbons (Fsp3) is 0.364. The van der Waals surface area contributed by atoms with E-state index >= 15 is 0 Å². The van der Waals surface area contributed by atoms with E-state index in [1.807, 2.05) is 34.1 Å². The SMILES string of the molecule is O=C(N1CCC(CN2C(=O)Nc3ccc(Cl)cc3S2(=O)=O)CC1)N1CCc2ccccc21. The van der Waals surface area contributed by atoms with E-state index in [0.29, 0.717) is 37.5 Å². The third-order valence-electron chi connectivity index (χ3n) is 6.41. The first-order valence-electron chi connectivity index (χ1n) is 10.6. The Labute approximate surface area is 191 Å². The number of benzene rings is 2. The number of anilines is 2. The van der Waals surface area contributed by atoms with E-state index in [1.54, 1.807) is 0 Å². The summed E-state index contributed by atoms with van der Waals surface area (Å²) in [7, 11) is -3.98. The lowest BCUT2D eigenvalue weighted by Crippen LogP contribution is -2.50. The molecule has 0 spiro atoms. The number of halogens is 1. The lowest BCUT2D eigenvalue weighted by molar-refractivity contribution is 0.168. The Morgan fingerprint density at radius 1 is 1.09 bits per heavy atom. The van der Waals surface area contributed by atoms with Crippen LogP contribution in [0.4, 0.5) is 21.0 Å². The van der Waals surface area contributed by atoms with Crippen LogP contribution in [-0.2, 0) is 16.4 Å². The molecule has 8 nitrogen and oxygen atoms in total. The number of rotatable bonds is 2. The predicted octanol–water partition coefficient (Wildman–Crippen LogP) is 3.77. The monoisotopic (exact) mass is 474 g/mol. The molecule has 0 radical (unpaired) electrons. The van der Waals surface area contributed by atoms with Crippen LogP contribution in [0.25, 0.3) is 0 Å². The Morgan fingerprint density at radius 3 is 2.62 bits per heavy atom. The van der Waals surface area contributed by atoms with Gasteiger partial charge in [0.15, 0.2) is 0 Å². The number of hydrogen-bond acceptors (Lipinski definition) is 4. The number of para-hydroxylation sites is 1. The van der Waals surface area contributed by atoms with Crippen molar-refractivity contribution in [3.05, 3.63) is 53.1 Å². The number of nitrogens with zero attached hydrogens (tertiary/aromatic N) is 3. The van der Waals surface area contributed by atoms with Crippen molar-refractivity contribution in [3.8, 4) is 0 Å². The summed E-state index contributed by atoms with van der Waals surface area (Å²) < 4.78 is 27.0. The molecule has 4 amide bonds. The Balaban J connectivity index is 1.25. The molecule has 0 bridgehead atoms. The second kappa shape index (κ2) is 7.97. The summed E-state index contributed by atoms with van der Waals surface area (Å²) in [6.07, 6.45) is 2.11. The topological polar surface area (TPSA) is 90.0 Å². The standard InChI is InChI=1S/C22H23ClN4O4S/c23-17-5-6-18-20(13-17)32(30,31)27(21(28)24-18)14-15-7-10-25(11-8-15)22(29)26-12-9-16-3-1-2-4-19(16)26/h1-6,13,15H,7-12,14H2,(H,24,28). The molecule has 0 atom stereocenters. The van der Waals surface area contributed by atoms with Gasteiger partial charge in [-0.25, -0.2) is 22.3 Å². The molecule has 168 valence electrons. The molecule has 32 heavy (non-hydrogen) atoms.